The maximum Gasteiger partial charge on any atom is 0.271 e. The molecule has 0 spiro atoms. The minimum Gasteiger partial charge on any atom is -0.395 e. The highest BCUT2D eigenvalue weighted by Gasteiger charge is 2.24. The van der Waals surface area contributed by atoms with Crippen molar-refractivity contribution in [3.8, 4) is 11.3 Å². The first-order valence-corrected chi connectivity index (χ1v) is 9.70. The zero-order valence-corrected chi connectivity index (χ0v) is 15.6. The van der Waals surface area contributed by atoms with Crippen molar-refractivity contribution in [2.24, 2.45) is 0 Å². The monoisotopic (exact) mass is 370 g/mol. The molecule has 136 valence electrons. The maximum absolute atomic E-state index is 12.9. The molecule has 0 atom stereocenters. The Kier molecular flexibility index (Phi) is 4.76. The van der Waals surface area contributed by atoms with E-state index in [-0.39, 0.29) is 12.5 Å². The van der Waals surface area contributed by atoms with Gasteiger partial charge in [-0.1, -0.05) is 29.8 Å². The van der Waals surface area contributed by atoms with Crippen LogP contribution in [0.3, 0.4) is 0 Å². The van der Waals surface area contributed by atoms with Gasteiger partial charge in [0.2, 0.25) is 0 Å². The molecule has 1 amide bonds. The van der Waals surface area contributed by atoms with E-state index in [0.717, 1.165) is 29.3 Å². The molecule has 3 aromatic rings. The number of aryl methyl sites for hydroxylation is 1. The summed E-state index contributed by atoms with van der Waals surface area (Å²) >= 11 is 1.49. The van der Waals surface area contributed by atoms with Gasteiger partial charge in [-0.25, -0.2) is 4.98 Å². The van der Waals surface area contributed by atoms with Crippen molar-refractivity contribution >= 4 is 22.2 Å². The number of aliphatic hydroxyl groups excluding tert-OH is 1. The van der Waals surface area contributed by atoms with E-state index in [0.29, 0.717) is 25.3 Å². The molecule has 4 rings (SSSR count). The van der Waals surface area contributed by atoms with E-state index in [1.807, 2.05) is 20.9 Å². The molecule has 1 N–H and O–H groups in total. The van der Waals surface area contributed by atoms with Crippen molar-refractivity contribution in [3.63, 3.8) is 0 Å². The van der Waals surface area contributed by atoms with Crippen LogP contribution >= 0.6 is 11.3 Å². The molecule has 0 aliphatic carbocycles. The quantitative estimate of drug-likeness (QED) is 0.764. The third-order valence-corrected chi connectivity index (χ3v) is 5.69. The summed E-state index contributed by atoms with van der Waals surface area (Å²) in [4.78, 5) is 22.5. The molecule has 1 saturated heterocycles. The predicted molar refractivity (Wildman–Crippen MR) is 103 cm³/mol. The second-order valence-electron chi connectivity index (χ2n) is 6.62. The average Bonchev–Trinajstić information content (AvgIpc) is 3.23. The number of imidazole rings is 1. The number of benzene rings is 1. The van der Waals surface area contributed by atoms with Gasteiger partial charge in [0.1, 0.15) is 5.69 Å². The van der Waals surface area contributed by atoms with Crippen molar-refractivity contribution in [1.29, 1.82) is 0 Å². The van der Waals surface area contributed by atoms with Crippen LogP contribution in [0, 0.1) is 6.92 Å². The van der Waals surface area contributed by atoms with Crippen molar-refractivity contribution < 1.29 is 9.90 Å². The topological polar surface area (TPSA) is 61.1 Å². The molecule has 0 saturated carbocycles. The fourth-order valence-electron chi connectivity index (χ4n) is 3.28. The summed E-state index contributed by atoms with van der Waals surface area (Å²) in [7, 11) is 0. The fourth-order valence-corrected chi connectivity index (χ4v) is 4.13. The Balaban J connectivity index is 1.55. The number of hydrogen-bond acceptors (Lipinski definition) is 5. The van der Waals surface area contributed by atoms with Gasteiger partial charge in [0.15, 0.2) is 4.96 Å². The highest BCUT2D eigenvalue weighted by Crippen LogP contribution is 2.25. The van der Waals surface area contributed by atoms with Crippen LogP contribution in [0.15, 0.2) is 35.8 Å². The van der Waals surface area contributed by atoms with Crippen LogP contribution in [0.2, 0.25) is 0 Å². The Morgan fingerprint density at radius 1 is 1.19 bits per heavy atom. The normalized spacial score (nSPS) is 15.7. The van der Waals surface area contributed by atoms with Gasteiger partial charge in [-0.3, -0.25) is 14.1 Å². The minimum atomic E-state index is 0.0488. The lowest BCUT2D eigenvalue weighted by atomic mass is 10.1. The molecule has 26 heavy (non-hydrogen) atoms. The largest absolute Gasteiger partial charge is 0.395 e. The van der Waals surface area contributed by atoms with Crippen molar-refractivity contribution in [2.75, 3.05) is 39.3 Å². The average molecular weight is 370 g/mol. The number of piperazine rings is 1. The van der Waals surface area contributed by atoms with Gasteiger partial charge in [-0.15, -0.1) is 11.3 Å². The Labute approximate surface area is 156 Å². The zero-order chi connectivity index (χ0) is 18.1. The SMILES string of the molecule is Cc1ccc(-c2cn3c(C(=O)N4CCN(CCO)CC4)csc3n2)cc1. The molecule has 0 radical (unpaired) electrons. The number of carbonyl (C=O) groups excluding carboxylic acids is 1. The van der Waals surface area contributed by atoms with E-state index in [9.17, 15) is 4.79 Å². The lowest BCUT2D eigenvalue weighted by molar-refractivity contribution is 0.0608. The van der Waals surface area contributed by atoms with E-state index in [2.05, 4.69) is 41.1 Å². The number of amides is 1. The molecule has 1 aliphatic heterocycles. The van der Waals surface area contributed by atoms with E-state index in [1.54, 1.807) is 0 Å². The Morgan fingerprint density at radius 2 is 1.92 bits per heavy atom. The first-order chi connectivity index (χ1) is 12.7. The number of aliphatic hydroxyl groups is 1. The zero-order valence-electron chi connectivity index (χ0n) is 14.8. The summed E-state index contributed by atoms with van der Waals surface area (Å²) in [5.41, 5.74) is 3.83. The summed E-state index contributed by atoms with van der Waals surface area (Å²) in [6, 6.07) is 8.26. The van der Waals surface area contributed by atoms with Crippen molar-refractivity contribution in [2.45, 2.75) is 6.92 Å². The van der Waals surface area contributed by atoms with Gasteiger partial charge in [-0.2, -0.15) is 0 Å². The number of aromatic nitrogens is 2. The molecule has 7 heteroatoms. The smallest absolute Gasteiger partial charge is 0.271 e. The molecule has 6 nitrogen and oxygen atoms in total. The van der Waals surface area contributed by atoms with Crippen molar-refractivity contribution in [3.05, 3.63) is 47.1 Å². The number of carbonyl (C=O) groups is 1. The van der Waals surface area contributed by atoms with E-state index < -0.39 is 0 Å². The fraction of sp³-hybridized carbons (Fsp3) is 0.368. The summed E-state index contributed by atoms with van der Waals surface area (Å²) < 4.78 is 1.91. The second kappa shape index (κ2) is 7.19. The number of rotatable bonds is 4. The minimum absolute atomic E-state index is 0.0488. The molecule has 0 unspecified atom stereocenters. The van der Waals surface area contributed by atoms with Gasteiger partial charge >= 0.3 is 0 Å². The molecule has 1 aromatic carbocycles. The van der Waals surface area contributed by atoms with Crippen LogP contribution in [0.25, 0.3) is 16.2 Å². The van der Waals surface area contributed by atoms with Crippen LogP contribution in [-0.2, 0) is 0 Å². The molecular formula is C19H22N4O2S. The lowest BCUT2D eigenvalue weighted by Gasteiger charge is -2.34. The molecule has 2 aromatic heterocycles. The van der Waals surface area contributed by atoms with Gasteiger partial charge in [0.05, 0.1) is 12.3 Å². The third kappa shape index (κ3) is 3.25. The second-order valence-corrected chi connectivity index (χ2v) is 7.46. The number of thiazole rings is 1. The number of β-amino-alcohol motifs (C(OH)–C–C–N with tert-alkyl or cyclic N) is 1. The van der Waals surface area contributed by atoms with Crippen LogP contribution < -0.4 is 0 Å². The highest BCUT2D eigenvalue weighted by molar-refractivity contribution is 7.15. The third-order valence-electron chi connectivity index (χ3n) is 4.85. The maximum atomic E-state index is 12.9. The first kappa shape index (κ1) is 17.2. The van der Waals surface area contributed by atoms with E-state index in [1.165, 1.54) is 16.9 Å². The number of nitrogens with zero attached hydrogens (tertiary/aromatic N) is 4. The molecular weight excluding hydrogens is 348 g/mol. The van der Waals surface area contributed by atoms with Crippen LogP contribution in [0.5, 0.6) is 0 Å². The summed E-state index contributed by atoms with van der Waals surface area (Å²) in [6.07, 6.45) is 1.95. The first-order valence-electron chi connectivity index (χ1n) is 8.82. The Morgan fingerprint density at radius 3 is 2.62 bits per heavy atom. The Hall–Kier alpha value is -2.22. The van der Waals surface area contributed by atoms with Gasteiger partial charge in [-0.05, 0) is 6.92 Å². The highest BCUT2D eigenvalue weighted by atomic mass is 32.1. The van der Waals surface area contributed by atoms with E-state index >= 15 is 0 Å². The van der Waals surface area contributed by atoms with Gasteiger partial charge < -0.3 is 10.0 Å². The molecule has 0 bridgehead atoms. The molecule has 1 fully saturated rings. The summed E-state index contributed by atoms with van der Waals surface area (Å²) in [6.45, 7) is 5.89. The molecule has 3 heterocycles. The van der Waals surface area contributed by atoms with Crippen LogP contribution in [0.4, 0.5) is 0 Å². The summed E-state index contributed by atoms with van der Waals surface area (Å²) in [5, 5.41) is 10.9. The van der Waals surface area contributed by atoms with Gasteiger partial charge in [0.25, 0.3) is 5.91 Å². The van der Waals surface area contributed by atoms with Crippen molar-refractivity contribution in [1.82, 2.24) is 19.2 Å². The van der Waals surface area contributed by atoms with Crippen LogP contribution in [0.1, 0.15) is 16.1 Å². The number of fused-ring (bicyclic) bond motifs is 1. The summed E-state index contributed by atoms with van der Waals surface area (Å²) in [5.74, 6) is 0.0488. The predicted octanol–water partition coefficient (Wildman–Crippen LogP) is 2.12. The standard InChI is InChI=1S/C19H22N4O2S/c1-14-2-4-15(5-3-14)16-12-23-17(13-26-19(23)20-16)18(25)22-8-6-21(7-9-22)10-11-24/h2-5,12-13,24H,6-11H2,1H3. The van der Waals surface area contributed by atoms with Crippen LogP contribution in [-0.4, -0.2) is 69.5 Å². The number of hydrogen-bond donors (Lipinski definition) is 1. The van der Waals surface area contributed by atoms with E-state index in [4.69, 9.17) is 5.11 Å². The molecule has 1 aliphatic rings. The lowest BCUT2D eigenvalue weighted by Crippen LogP contribution is -2.49. The Bertz CT molecular complexity index is 907. The van der Waals surface area contributed by atoms with Gasteiger partial charge in [0, 0.05) is 49.9 Å².